The van der Waals surface area contributed by atoms with Gasteiger partial charge in [0.05, 0.1) is 0 Å². The second-order valence-electron chi connectivity index (χ2n) is 5.82. The number of aromatic amines is 1. The minimum Gasteiger partial charge on any atom is -0.351 e. The number of hydrogen-bond acceptors (Lipinski definition) is 4. The lowest BCUT2D eigenvalue weighted by Crippen LogP contribution is -2.31. The van der Waals surface area contributed by atoms with Crippen LogP contribution in [-0.2, 0) is 12.8 Å². The fourth-order valence-electron chi connectivity index (χ4n) is 2.51. The Hall–Kier alpha value is -2.70. The lowest BCUT2D eigenvalue weighted by atomic mass is 10.1. The normalized spacial score (nSPS) is 10.6. The number of carbonyl (C=O) groups excluding carboxylic acids is 1. The van der Waals surface area contributed by atoms with Crippen LogP contribution in [0.2, 0.25) is 10.0 Å². The van der Waals surface area contributed by atoms with E-state index in [1.165, 1.54) is 6.20 Å². The molecule has 1 aromatic carbocycles. The Balaban J connectivity index is 1.65. The van der Waals surface area contributed by atoms with Gasteiger partial charge in [0.1, 0.15) is 11.4 Å². The SMILES string of the molecule is O=C(NCCc1cccnc1)c1cnc(Cc2c(Cl)cccc2Cl)[nH]c1=O. The molecular formula is C19H16Cl2N4O2. The van der Waals surface area contributed by atoms with E-state index in [0.717, 1.165) is 5.56 Å². The molecule has 138 valence electrons. The zero-order chi connectivity index (χ0) is 19.2. The van der Waals surface area contributed by atoms with Gasteiger partial charge in [-0.25, -0.2) is 4.98 Å². The summed E-state index contributed by atoms with van der Waals surface area (Å²) in [7, 11) is 0. The van der Waals surface area contributed by atoms with Crippen LogP contribution in [0, 0.1) is 0 Å². The highest BCUT2D eigenvalue weighted by molar-refractivity contribution is 6.36. The van der Waals surface area contributed by atoms with Crippen LogP contribution in [0.15, 0.2) is 53.7 Å². The predicted octanol–water partition coefficient (Wildman–Crippen LogP) is 3.04. The summed E-state index contributed by atoms with van der Waals surface area (Å²) in [4.78, 5) is 35.2. The van der Waals surface area contributed by atoms with Crippen LogP contribution in [0.1, 0.15) is 27.3 Å². The van der Waals surface area contributed by atoms with E-state index in [-0.39, 0.29) is 12.0 Å². The molecule has 0 aliphatic rings. The van der Waals surface area contributed by atoms with Gasteiger partial charge in [-0.15, -0.1) is 0 Å². The minimum atomic E-state index is -0.512. The fourth-order valence-corrected chi connectivity index (χ4v) is 3.04. The van der Waals surface area contributed by atoms with Crippen molar-refractivity contribution in [1.29, 1.82) is 0 Å². The van der Waals surface area contributed by atoms with Crippen LogP contribution in [-0.4, -0.2) is 27.4 Å². The minimum absolute atomic E-state index is 0.0461. The molecule has 0 spiro atoms. The van der Waals surface area contributed by atoms with Crippen LogP contribution in [0.3, 0.4) is 0 Å². The number of halogens is 2. The lowest BCUT2D eigenvalue weighted by molar-refractivity contribution is 0.0952. The third-order valence-corrected chi connectivity index (χ3v) is 4.63. The van der Waals surface area contributed by atoms with Crippen molar-refractivity contribution in [3.8, 4) is 0 Å². The van der Waals surface area contributed by atoms with Crippen LogP contribution in [0.4, 0.5) is 0 Å². The molecule has 0 bridgehead atoms. The van der Waals surface area contributed by atoms with E-state index in [1.54, 1.807) is 30.6 Å². The Labute approximate surface area is 165 Å². The van der Waals surface area contributed by atoms with E-state index in [9.17, 15) is 9.59 Å². The van der Waals surface area contributed by atoms with Crippen molar-refractivity contribution in [2.45, 2.75) is 12.8 Å². The van der Waals surface area contributed by atoms with Gasteiger partial charge < -0.3 is 10.3 Å². The van der Waals surface area contributed by atoms with E-state index < -0.39 is 11.5 Å². The highest BCUT2D eigenvalue weighted by atomic mass is 35.5. The first-order valence-electron chi connectivity index (χ1n) is 8.23. The lowest BCUT2D eigenvalue weighted by Gasteiger charge is -2.08. The number of benzene rings is 1. The molecule has 3 rings (SSSR count). The van der Waals surface area contributed by atoms with Crippen molar-refractivity contribution in [3.05, 3.63) is 91.8 Å². The molecule has 0 radical (unpaired) electrons. The molecular weight excluding hydrogens is 387 g/mol. The van der Waals surface area contributed by atoms with E-state index in [1.807, 2.05) is 12.1 Å². The highest BCUT2D eigenvalue weighted by Gasteiger charge is 2.13. The number of carbonyl (C=O) groups is 1. The summed E-state index contributed by atoms with van der Waals surface area (Å²) in [5, 5.41) is 3.68. The molecule has 0 aliphatic carbocycles. The summed E-state index contributed by atoms with van der Waals surface area (Å²) in [5.41, 5.74) is 1.10. The number of rotatable bonds is 6. The molecule has 2 N–H and O–H groups in total. The molecule has 2 heterocycles. The molecule has 0 aliphatic heterocycles. The smallest absolute Gasteiger partial charge is 0.263 e. The summed E-state index contributed by atoms with van der Waals surface area (Å²) in [5.74, 6) is -0.100. The molecule has 0 saturated carbocycles. The monoisotopic (exact) mass is 402 g/mol. The summed E-state index contributed by atoms with van der Waals surface area (Å²) in [6, 6.07) is 8.91. The van der Waals surface area contributed by atoms with Gasteiger partial charge in [-0.2, -0.15) is 0 Å². The van der Waals surface area contributed by atoms with Crippen molar-refractivity contribution in [2.24, 2.45) is 0 Å². The first kappa shape index (κ1) is 19.1. The standard InChI is InChI=1S/C19H16Cl2N4O2/c20-15-4-1-5-16(21)13(15)9-17-24-11-14(19(27)25-17)18(26)23-8-6-12-3-2-7-22-10-12/h1-5,7,10-11H,6,8-9H2,(H,23,26)(H,24,25,27). The van der Waals surface area contributed by atoms with Gasteiger partial charge >= 0.3 is 0 Å². The second-order valence-corrected chi connectivity index (χ2v) is 6.63. The number of nitrogens with one attached hydrogen (secondary N) is 2. The Morgan fingerprint density at radius 2 is 1.89 bits per heavy atom. The number of pyridine rings is 1. The topological polar surface area (TPSA) is 87.7 Å². The van der Waals surface area contributed by atoms with Crippen LogP contribution in [0.25, 0.3) is 0 Å². The van der Waals surface area contributed by atoms with Crippen molar-refractivity contribution in [1.82, 2.24) is 20.3 Å². The first-order valence-corrected chi connectivity index (χ1v) is 8.98. The number of nitrogens with zero attached hydrogens (tertiary/aromatic N) is 2. The van der Waals surface area contributed by atoms with E-state index in [2.05, 4.69) is 20.3 Å². The number of H-pyrrole nitrogens is 1. The Morgan fingerprint density at radius 1 is 1.11 bits per heavy atom. The second kappa shape index (κ2) is 8.79. The molecule has 1 amide bonds. The van der Waals surface area contributed by atoms with Crippen LogP contribution >= 0.6 is 23.2 Å². The Morgan fingerprint density at radius 3 is 2.56 bits per heavy atom. The van der Waals surface area contributed by atoms with Crippen molar-refractivity contribution in [3.63, 3.8) is 0 Å². The molecule has 0 fully saturated rings. The van der Waals surface area contributed by atoms with Crippen LogP contribution in [0.5, 0.6) is 0 Å². The Kier molecular flexibility index (Phi) is 6.21. The average Bonchev–Trinajstić information content (AvgIpc) is 2.66. The van der Waals surface area contributed by atoms with Gasteiger partial charge in [0.2, 0.25) is 0 Å². The molecule has 3 aromatic rings. The van der Waals surface area contributed by atoms with Crippen LogP contribution < -0.4 is 10.9 Å². The zero-order valence-electron chi connectivity index (χ0n) is 14.2. The quantitative estimate of drug-likeness (QED) is 0.662. The summed E-state index contributed by atoms with van der Waals surface area (Å²) in [6.07, 6.45) is 5.56. The maximum Gasteiger partial charge on any atom is 0.263 e. The number of aromatic nitrogens is 3. The van der Waals surface area contributed by atoms with Gasteiger partial charge in [-0.3, -0.25) is 14.6 Å². The zero-order valence-corrected chi connectivity index (χ0v) is 15.7. The van der Waals surface area contributed by atoms with Crippen molar-refractivity contribution < 1.29 is 4.79 Å². The molecule has 0 unspecified atom stereocenters. The largest absolute Gasteiger partial charge is 0.351 e. The van der Waals surface area contributed by atoms with E-state index in [0.29, 0.717) is 34.4 Å². The average molecular weight is 403 g/mol. The van der Waals surface area contributed by atoms with Gasteiger partial charge in [-0.05, 0) is 35.7 Å². The molecule has 8 heteroatoms. The van der Waals surface area contributed by atoms with Gasteiger partial charge in [0.25, 0.3) is 11.5 Å². The number of hydrogen-bond donors (Lipinski definition) is 2. The number of amides is 1. The van der Waals surface area contributed by atoms with Crippen molar-refractivity contribution in [2.75, 3.05) is 6.54 Å². The predicted molar refractivity (Wildman–Crippen MR) is 104 cm³/mol. The molecule has 0 saturated heterocycles. The van der Waals surface area contributed by atoms with Crippen molar-refractivity contribution >= 4 is 29.1 Å². The summed E-state index contributed by atoms with van der Waals surface area (Å²) in [6.45, 7) is 0.390. The summed E-state index contributed by atoms with van der Waals surface area (Å²) >= 11 is 12.3. The third-order valence-electron chi connectivity index (χ3n) is 3.92. The van der Waals surface area contributed by atoms with Gasteiger partial charge in [-0.1, -0.05) is 35.3 Å². The molecule has 6 nitrogen and oxygen atoms in total. The van der Waals surface area contributed by atoms with E-state index >= 15 is 0 Å². The van der Waals surface area contributed by atoms with Gasteiger partial charge in [0.15, 0.2) is 0 Å². The molecule has 0 atom stereocenters. The Bertz CT molecular complexity index is 986. The van der Waals surface area contributed by atoms with Gasteiger partial charge in [0, 0.05) is 41.6 Å². The first-order chi connectivity index (χ1) is 13.0. The van der Waals surface area contributed by atoms with E-state index in [4.69, 9.17) is 23.2 Å². The maximum atomic E-state index is 12.2. The third kappa shape index (κ3) is 4.93. The molecule has 27 heavy (non-hydrogen) atoms. The maximum absolute atomic E-state index is 12.2. The molecule has 2 aromatic heterocycles. The summed E-state index contributed by atoms with van der Waals surface area (Å²) < 4.78 is 0. The fraction of sp³-hybridized carbons (Fsp3) is 0.158. The highest BCUT2D eigenvalue weighted by Crippen LogP contribution is 2.25.